The van der Waals surface area contributed by atoms with Gasteiger partial charge in [0, 0.05) is 5.69 Å². The van der Waals surface area contributed by atoms with Crippen molar-refractivity contribution in [3.05, 3.63) is 75.2 Å². The Labute approximate surface area is 125 Å². The van der Waals surface area contributed by atoms with E-state index in [0.29, 0.717) is 22.2 Å². The summed E-state index contributed by atoms with van der Waals surface area (Å²) < 4.78 is 6.35. The third kappa shape index (κ3) is 2.20. The summed E-state index contributed by atoms with van der Waals surface area (Å²) in [5.74, 6) is 0.645. The first-order valence-electron chi connectivity index (χ1n) is 6.55. The summed E-state index contributed by atoms with van der Waals surface area (Å²) in [6.07, 6.45) is 1.26. The molecule has 0 saturated carbocycles. The fraction of sp³-hybridized carbons (Fsp3) is 0.0625. The van der Waals surface area contributed by atoms with Crippen molar-refractivity contribution in [1.29, 1.82) is 0 Å². The molecule has 0 aliphatic carbocycles. The van der Waals surface area contributed by atoms with E-state index in [9.17, 15) is 14.9 Å². The van der Waals surface area contributed by atoms with E-state index in [1.165, 1.54) is 10.8 Å². The van der Waals surface area contributed by atoms with Crippen LogP contribution < -0.4 is 10.3 Å². The molecule has 110 valence electrons. The lowest BCUT2D eigenvalue weighted by Crippen LogP contribution is -2.18. The van der Waals surface area contributed by atoms with Crippen molar-refractivity contribution in [2.75, 3.05) is 7.11 Å². The monoisotopic (exact) mass is 296 g/mol. The van der Waals surface area contributed by atoms with Gasteiger partial charge in [-0.2, -0.15) is 0 Å². The number of fused-ring (bicyclic) bond motifs is 1. The van der Waals surface area contributed by atoms with Crippen molar-refractivity contribution in [1.82, 2.24) is 4.57 Å². The first-order valence-corrected chi connectivity index (χ1v) is 6.55. The molecule has 0 aliphatic rings. The summed E-state index contributed by atoms with van der Waals surface area (Å²) in [6.45, 7) is 0. The molecule has 0 fully saturated rings. The molecule has 6 heteroatoms. The molecule has 0 spiro atoms. The molecule has 0 unspecified atom stereocenters. The van der Waals surface area contributed by atoms with E-state index in [-0.39, 0.29) is 11.2 Å². The molecule has 0 radical (unpaired) electrons. The quantitative estimate of drug-likeness (QED) is 0.550. The Bertz CT molecular complexity index is 914. The molecule has 0 atom stereocenters. The van der Waals surface area contributed by atoms with Crippen LogP contribution in [0.5, 0.6) is 5.75 Å². The molecular formula is C16H12N2O4. The van der Waals surface area contributed by atoms with Crippen molar-refractivity contribution in [2.45, 2.75) is 0 Å². The third-order valence-corrected chi connectivity index (χ3v) is 3.45. The van der Waals surface area contributed by atoms with E-state index in [1.807, 2.05) is 0 Å². The van der Waals surface area contributed by atoms with Crippen LogP contribution in [0.25, 0.3) is 16.5 Å². The Morgan fingerprint density at radius 2 is 1.68 bits per heavy atom. The van der Waals surface area contributed by atoms with Crippen molar-refractivity contribution < 1.29 is 9.66 Å². The molecule has 0 amide bonds. The maximum Gasteiger partial charge on any atom is 0.293 e. The molecule has 22 heavy (non-hydrogen) atoms. The Morgan fingerprint density at radius 3 is 2.27 bits per heavy atom. The van der Waals surface area contributed by atoms with Gasteiger partial charge >= 0.3 is 0 Å². The number of hydrogen-bond acceptors (Lipinski definition) is 4. The maximum absolute atomic E-state index is 12.6. The minimum atomic E-state index is -0.484. The lowest BCUT2D eigenvalue weighted by Gasteiger charge is -2.09. The molecule has 1 heterocycles. The van der Waals surface area contributed by atoms with Crippen molar-refractivity contribution in [3.63, 3.8) is 0 Å². The van der Waals surface area contributed by atoms with Crippen LogP contribution in [0.3, 0.4) is 0 Å². The van der Waals surface area contributed by atoms with Crippen LogP contribution in [0, 0.1) is 10.1 Å². The van der Waals surface area contributed by atoms with Crippen LogP contribution in [0.15, 0.2) is 59.5 Å². The van der Waals surface area contributed by atoms with Crippen LogP contribution in [0.1, 0.15) is 0 Å². The number of nitrogens with zero attached hydrogens (tertiary/aromatic N) is 2. The van der Waals surface area contributed by atoms with Gasteiger partial charge < -0.3 is 4.74 Å². The van der Waals surface area contributed by atoms with Crippen molar-refractivity contribution in [3.8, 4) is 11.4 Å². The fourth-order valence-electron chi connectivity index (χ4n) is 2.35. The molecule has 0 aliphatic heterocycles. The number of hydrogen-bond donors (Lipinski definition) is 0. The molecule has 6 nitrogen and oxygen atoms in total. The summed E-state index contributed by atoms with van der Waals surface area (Å²) in [4.78, 5) is 23.4. The zero-order chi connectivity index (χ0) is 15.7. The van der Waals surface area contributed by atoms with Gasteiger partial charge in [0.2, 0.25) is 0 Å². The summed E-state index contributed by atoms with van der Waals surface area (Å²) in [6, 6.07) is 13.3. The van der Waals surface area contributed by atoms with Gasteiger partial charge in [-0.3, -0.25) is 19.5 Å². The van der Waals surface area contributed by atoms with Gasteiger partial charge in [-0.1, -0.05) is 12.1 Å². The highest BCUT2D eigenvalue weighted by Gasteiger charge is 2.17. The first kappa shape index (κ1) is 13.8. The fourth-order valence-corrected chi connectivity index (χ4v) is 2.35. The lowest BCUT2D eigenvalue weighted by molar-refractivity contribution is -0.383. The van der Waals surface area contributed by atoms with Crippen LogP contribution in [0.2, 0.25) is 0 Å². The van der Waals surface area contributed by atoms with Gasteiger partial charge in [0.1, 0.15) is 5.75 Å². The Morgan fingerprint density at radius 1 is 1.05 bits per heavy atom. The SMILES string of the molecule is COc1ccc(-n2cc([N+](=O)[O-])c3ccccc3c2=O)cc1. The van der Waals surface area contributed by atoms with E-state index in [1.54, 1.807) is 55.6 Å². The number of methoxy groups -OCH3 is 1. The molecule has 2 aromatic carbocycles. The summed E-state index contributed by atoms with van der Waals surface area (Å²) in [7, 11) is 1.54. The number of pyridine rings is 1. The van der Waals surface area contributed by atoms with Gasteiger partial charge in [0.15, 0.2) is 0 Å². The van der Waals surface area contributed by atoms with E-state index in [0.717, 1.165) is 0 Å². The highest BCUT2D eigenvalue weighted by Crippen LogP contribution is 2.24. The van der Waals surface area contributed by atoms with Gasteiger partial charge in [0.25, 0.3) is 11.2 Å². The second kappa shape index (κ2) is 5.33. The first-order chi connectivity index (χ1) is 10.6. The standard InChI is InChI=1S/C16H12N2O4/c1-22-12-8-6-11(7-9-12)17-10-15(18(20)21)13-4-2-3-5-14(13)16(17)19/h2-10H,1H3. The molecule has 0 N–H and O–H groups in total. The average Bonchev–Trinajstić information content (AvgIpc) is 2.55. The van der Waals surface area contributed by atoms with Crippen LogP contribution >= 0.6 is 0 Å². The topological polar surface area (TPSA) is 74.4 Å². The minimum absolute atomic E-state index is 0.106. The predicted octanol–water partition coefficient (Wildman–Crippen LogP) is 2.91. The van der Waals surface area contributed by atoms with Crippen molar-refractivity contribution in [2.24, 2.45) is 0 Å². The maximum atomic E-state index is 12.6. The Balaban J connectivity index is 2.31. The number of nitro groups is 1. The smallest absolute Gasteiger partial charge is 0.293 e. The van der Waals surface area contributed by atoms with E-state index in [2.05, 4.69) is 0 Å². The predicted molar refractivity (Wildman–Crippen MR) is 82.8 cm³/mol. The van der Waals surface area contributed by atoms with E-state index >= 15 is 0 Å². The van der Waals surface area contributed by atoms with Gasteiger partial charge in [-0.25, -0.2) is 0 Å². The second-order valence-corrected chi connectivity index (χ2v) is 4.69. The van der Waals surface area contributed by atoms with Gasteiger partial charge in [-0.15, -0.1) is 0 Å². The molecule has 3 rings (SSSR count). The zero-order valence-corrected chi connectivity index (χ0v) is 11.7. The Hall–Kier alpha value is -3.15. The van der Waals surface area contributed by atoms with Gasteiger partial charge in [-0.05, 0) is 36.4 Å². The number of aromatic nitrogens is 1. The normalized spacial score (nSPS) is 10.6. The zero-order valence-electron chi connectivity index (χ0n) is 11.7. The van der Waals surface area contributed by atoms with Gasteiger partial charge in [0.05, 0.1) is 29.0 Å². The molecule has 0 bridgehead atoms. The molecular weight excluding hydrogens is 284 g/mol. The van der Waals surface area contributed by atoms with Crippen LogP contribution in [-0.4, -0.2) is 16.6 Å². The van der Waals surface area contributed by atoms with E-state index in [4.69, 9.17) is 4.74 Å². The number of ether oxygens (including phenoxy) is 1. The molecule has 3 aromatic rings. The summed E-state index contributed by atoms with van der Waals surface area (Å²) in [5.41, 5.74) is 0.136. The van der Waals surface area contributed by atoms with E-state index < -0.39 is 4.92 Å². The van der Waals surface area contributed by atoms with Crippen molar-refractivity contribution >= 4 is 16.5 Å². The second-order valence-electron chi connectivity index (χ2n) is 4.69. The molecule has 1 aromatic heterocycles. The molecule has 0 saturated heterocycles. The highest BCUT2D eigenvalue weighted by molar-refractivity contribution is 5.90. The lowest BCUT2D eigenvalue weighted by atomic mass is 10.1. The third-order valence-electron chi connectivity index (χ3n) is 3.45. The minimum Gasteiger partial charge on any atom is -0.497 e. The van der Waals surface area contributed by atoms with Crippen LogP contribution in [0.4, 0.5) is 5.69 Å². The van der Waals surface area contributed by atoms with Crippen LogP contribution in [-0.2, 0) is 0 Å². The Kier molecular flexibility index (Phi) is 3.34. The number of benzene rings is 2. The summed E-state index contributed by atoms with van der Waals surface area (Å²) in [5, 5.41) is 11.9. The average molecular weight is 296 g/mol. The highest BCUT2D eigenvalue weighted by atomic mass is 16.6. The number of rotatable bonds is 3. The summed E-state index contributed by atoms with van der Waals surface area (Å²) >= 11 is 0. The largest absolute Gasteiger partial charge is 0.497 e.